The van der Waals surface area contributed by atoms with E-state index in [2.05, 4.69) is 5.10 Å². The van der Waals surface area contributed by atoms with E-state index in [0.717, 1.165) is 17.7 Å². The molecule has 0 amide bonds. The number of aromatic nitrogens is 2. The number of benzene rings is 1. The van der Waals surface area contributed by atoms with E-state index in [1.807, 2.05) is 38.1 Å². The minimum absolute atomic E-state index is 0.243. The van der Waals surface area contributed by atoms with Gasteiger partial charge in [0.1, 0.15) is 5.69 Å². The molecule has 0 radical (unpaired) electrons. The lowest BCUT2D eigenvalue weighted by atomic mass is 10.1. The number of hydrogen-bond acceptors (Lipinski definition) is 2. The Labute approximate surface area is 106 Å². The van der Waals surface area contributed by atoms with Crippen molar-refractivity contribution in [2.45, 2.75) is 26.8 Å². The van der Waals surface area contributed by atoms with Gasteiger partial charge < -0.3 is 5.11 Å². The highest BCUT2D eigenvalue weighted by molar-refractivity contribution is 5.85. The van der Waals surface area contributed by atoms with E-state index >= 15 is 0 Å². The number of nitrogens with zero attached hydrogens (tertiary/aromatic N) is 2. The second kappa shape index (κ2) is 5.04. The van der Waals surface area contributed by atoms with Gasteiger partial charge >= 0.3 is 5.97 Å². The standard InChI is InChI=1S/C14H16N2O2/c1-3-12-8-13(14(17)18)16(15-12)9-11-6-4-10(2)5-7-11/h4-8H,3,9H2,1-2H3,(H,17,18). The second-order valence-electron chi connectivity index (χ2n) is 4.32. The van der Waals surface area contributed by atoms with Crippen molar-refractivity contribution in [2.24, 2.45) is 0 Å². The van der Waals surface area contributed by atoms with Gasteiger partial charge in [-0.05, 0) is 25.0 Å². The smallest absolute Gasteiger partial charge is 0.354 e. The van der Waals surface area contributed by atoms with Crippen molar-refractivity contribution in [3.8, 4) is 0 Å². The Morgan fingerprint density at radius 3 is 2.56 bits per heavy atom. The van der Waals surface area contributed by atoms with Crippen molar-refractivity contribution in [1.82, 2.24) is 9.78 Å². The van der Waals surface area contributed by atoms with E-state index in [0.29, 0.717) is 6.54 Å². The maximum absolute atomic E-state index is 11.1. The summed E-state index contributed by atoms with van der Waals surface area (Å²) in [7, 11) is 0. The topological polar surface area (TPSA) is 55.1 Å². The van der Waals surface area contributed by atoms with Gasteiger partial charge in [0, 0.05) is 0 Å². The zero-order valence-electron chi connectivity index (χ0n) is 10.6. The number of rotatable bonds is 4. The Hall–Kier alpha value is -2.10. The first kappa shape index (κ1) is 12.4. The average Bonchev–Trinajstić information content (AvgIpc) is 2.75. The van der Waals surface area contributed by atoms with Crippen LogP contribution < -0.4 is 0 Å². The van der Waals surface area contributed by atoms with Crippen LogP contribution in [0.25, 0.3) is 0 Å². The number of aromatic carboxylic acids is 1. The molecule has 0 unspecified atom stereocenters. The molecule has 0 aliphatic rings. The zero-order valence-corrected chi connectivity index (χ0v) is 10.6. The highest BCUT2D eigenvalue weighted by atomic mass is 16.4. The van der Waals surface area contributed by atoms with Gasteiger partial charge in [0.2, 0.25) is 0 Å². The summed E-state index contributed by atoms with van der Waals surface area (Å²) < 4.78 is 1.55. The van der Waals surface area contributed by atoms with E-state index in [4.69, 9.17) is 5.11 Å². The van der Waals surface area contributed by atoms with Crippen LogP contribution in [0.5, 0.6) is 0 Å². The van der Waals surface area contributed by atoms with E-state index in [-0.39, 0.29) is 5.69 Å². The summed E-state index contributed by atoms with van der Waals surface area (Å²) in [6.45, 7) is 4.47. The highest BCUT2D eigenvalue weighted by Gasteiger charge is 2.13. The van der Waals surface area contributed by atoms with Gasteiger partial charge in [0.15, 0.2) is 0 Å². The number of carbonyl (C=O) groups is 1. The lowest BCUT2D eigenvalue weighted by Crippen LogP contribution is -2.10. The minimum Gasteiger partial charge on any atom is -0.477 e. The molecule has 0 saturated carbocycles. The summed E-state index contributed by atoms with van der Waals surface area (Å²) >= 11 is 0. The Balaban J connectivity index is 2.30. The molecule has 0 atom stereocenters. The second-order valence-corrected chi connectivity index (χ2v) is 4.32. The normalized spacial score (nSPS) is 10.6. The van der Waals surface area contributed by atoms with Crippen molar-refractivity contribution in [3.63, 3.8) is 0 Å². The van der Waals surface area contributed by atoms with Gasteiger partial charge in [-0.15, -0.1) is 0 Å². The summed E-state index contributed by atoms with van der Waals surface area (Å²) in [4.78, 5) is 11.1. The summed E-state index contributed by atoms with van der Waals surface area (Å²) in [5.41, 5.74) is 3.28. The summed E-state index contributed by atoms with van der Waals surface area (Å²) in [5, 5.41) is 13.4. The number of aryl methyl sites for hydroxylation is 2. The Morgan fingerprint density at radius 2 is 2.00 bits per heavy atom. The van der Waals surface area contributed by atoms with Gasteiger partial charge in [-0.1, -0.05) is 36.8 Å². The van der Waals surface area contributed by atoms with Crippen LogP contribution in [0.3, 0.4) is 0 Å². The lowest BCUT2D eigenvalue weighted by molar-refractivity contribution is 0.0684. The van der Waals surface area contributed by atoms with Crippen molar-refractivity contribution in [2.75, 3.05) is 0 Å². The molecule has 0 saturated heterocycles. The molecule has 4 heteroatoms. The molecule has 0 spiro atoms. The summed E-state index contributed by atoms with van der Waals surface area (Å²) in [6, 6.07) is 9.65. The molecular formula is C14H16N2O2. The van der Waals surface area contributed by atoms with Crippen molar-refractivity contribution < 1.29 is 9.90 Å². The Morgan fingerprint density at radius 1 is 1.33 bits per heavy atom. The molecule has 0 aliphatic heterocycles. The van der Waals surface area contributed by atoms with Crippen LogP contribution in [-0.4, -0.2) is 20.9 Å². The van der Waals surface area contributed by atoms with E-state index in [9.17, 15) is 4.79 Å². The van der Waals surface area contributed by atoms with E-state index in [1.165, 1.54) is 5.56 Å². The van der Waals surface area contributed by atoms with Crippen LogP contribution in [0, 0.1) is 6.92 Å². The molecule has 0 bridgehead atoms. The maximum atomic E-state index is 11.1. The van der Waals surface area contributed by atoms with Crippen LogP contribution >= 0.6 is 0 Å². The van der Waals surface area contributed by atoms with Gasteiger partial charge in [-0.2, -0.15) is 5.10 Å². The van der Waals surface area contributed by atoms with Crippen molar-refractivity contribution >= 4 is 5.97 Å². The first-order valence-electron chi connectivity index (χ1n) is 5.95. The lowest BCUT2D eigenvalue weighted by Gasteiger charge is -2.05. The molecular weight excluding hydrogens is 228 g/mol. The summed E-state index contributed by atoms with van der Waals surface area (Å²) in [6.07, 6.45) is 0.737. The quantitative estimate of drug-likeness (QED) is 0.899. The monoisotopic (exact) mass is 244 g/mol. The Kier molecular flexibility index (Phi) is 3.46. The van der Waals surface area contributed by atoms with Crippen LogP contribution in [0.2, 0.25) is 0 Å². The molecule has 4 nitrogen and oxygen atoms in total. The fraction of sp³-hybridized carbons (Fsp3) is 0.286. The van der Waals surface area contributed by atoms with Crippen molar-refractivity contribution in [1.29, 1.82) is 0 Å². The van der Waals surface area contributed by atoms with Crippen LogP contribution in [0.1, 0.15) is 34.2 Å². The molecule has 1 N–H and O–H groups in total. The molecule has 2 aromatic rings. The average molecular weight is 244 g/mol. The first-order chi connectivity index (χ1) is 8.60. The van der Waals surface area contributed by atoms with Crippen LogP contribution in [0.4, 0.5) is 0 Å². The zero-order chi connectivity index (χ0) is 13.1. The number of carboxylic acid groups (broad SMARTS) is 1. The van der Waals surface area contributed by atoms with E-state index in [1.54, 1.807) is 10.7 Å². The van der Waals surface area contributed by atoms with Crippen LogP contribution in [0.15, 0.2) is 30.3 Å². The van der Waals surface area contributed by atoms with Gasteiger partial charge in [-0.25, -0.2) is 4.79 Å². The predicted octanol–water partition coefficient (Wildman–Crippen LogP) is 2.50. The van der Waals surface area contributed by atoms with Crippen molar-refractivity contribution in [3.05, 3.63) is 52.8 Å². The SMILES string of the molecule is CCc1cc(C(=O)O)n(Cc2ccc(C)cc2)n1. The molecule has 1 heterocycles. The maximum Gasteiger partial charge on any atom is 0.354 e. The highest BCUT2D eigenvalue weighted by Crippen LogP contribution is 2.10. The molecule has 1 aromatic heterocycles. The third-order valence-electron chi connectivity index (χ3n) is 2.86. The third-order valence-corrected chi connectivity index (χ3v) is 2.86. The van der Waals surface area contributed by atoms with Gasteiger partial charge in [-0.3, -0.25) is 4.68 Å². The Bertz CT molecular complexity index is 556. The molecule has 94 valence electrons. The fourth-order valence-electron chi connectivity index (χ4n) is 1.80. The van der Waals surface area contributed by atoms with E-state index < -0.39 is 5.97 Å². The fourth-order valence-corrected chi connectivity index (χ4v) is 1.80. The number of hydrogen-bond donors (Lipinski definition) is 1. The molecule has 2 rings (SSSR count). The number of carboxylic acids is 1. The molecule has 0 aliphatic carbocycles. The predicted molar refractivity (Wildman–Crippen MR) is 68.8 cm³/mol. The summed E-state index contributed by atoms with van der Waals surface area (Å²) in [5.74, 6) is -0.936. The third kappa shape index (κ3) is 2.59. The van der Waals surface area contributed by atoms with Gasteiger partial charge in [0.25, 0.3) is 0 Å². The molecule has 18 heavy (non-hydrogen) atoms. The minimum atomic E-state index is -0.936. The van der Waals surface area contributed by atoms with Crippen LogP contribution in [-0.2, 0) is 13.0 Å². The van der Waals surface area contributed by atoms with Gasteiger partial charge in [0.05, 0.1) is 12.2 Å². The molecule has 1 aromatic carbocycles. The largest absolute Gasteiger partial charge is 0.477 e. The first-order valence-corrected chi connectivity index (χ1v) is 5.95. The molecule has 0 fully saturated rings.